The first-order chi connectivity index (χ1) is 7.77. The average molecular weight is 224 g/mol. The third-order valence-corrected chi connectivity index (χ3v) is 4.78. The topological polar surface area (TPSA) is 0 Å². The van der Waals surface area contributed by atoms with Crippen LogP contribution in [0, 0.1) is 17.8 Å². The molecule has 1 saturated carbocycles. The van der Waals surface area contributed by atoms with Gasteiger partial charge in [-0.3, -0.25) is 0 Å². The van der Waals surface area contributed by atoms with Gasteiger partial charge in [0.25, 0.3) is 0 Å². The second-order valence-corrected chi connectivity index (χ2v) is 6.00. The van der Waals surface area contributed by atoms with Crippen LogP contribution in [0.3, 0.4) is 0 Å². The van der Waals surface area contributed by atoms with Gasteiger partial charge in [-0.05, 0) is 24.2 Å². The summed E-state index contributed by atoms with van der Waals surface area (Å²) in [5.41, 5.74) is 0. The van der Waals surface area contributed by atoms with Crippen LogP contribution in [0.4, 0.5) is 0 Å². The Morgan fingerprint density at radius 1 is 0.875 bits per heavy atom. The molecule has 0 aromatic heterocycles. The molecule has 0 aromatic rings. The van der Waals surface area contributed by atoms with Gasteiger partial charge >= 0.3 is 0 Å². The van der Waals surface area contributed by atoms with Gasteiger partial charge in [0.1, 0.15) is 0 Å². The van der Waals surface area contributed by atoms with Gasteiger partial charge < -0.3 is 0 Å². The smallest absolute Gasteiger partial charge is 0.0394 e. The summed E-state index contributed by atoms with van der Waals surface area (Å²) in [5.74, 6) is 2.99. The molecule has 0 heterocycles. The summed E-state index contributed by atoms with van der Waals surface area (Å²) in [4.78, 5) is 0. The number of rotatable bonds is 5. The highest BCUT2D eigenvalue weighted by atomic mass is 14.2. The monoisotopic (exact) mass is 224 g/mol. The van der Waals surface area contributed by atoms with E-state index in [0.29, 0.717) is 0 Å². The van der Waals surface area contributed by atoms with Crippen molar-refractivity contribution in [3.05, 3.63) is 0 Å². The molecular weight excluding hydrogens is 192 g/mol. The molecule has 0 radical (unpaired) electrons. The fraction of sp³-hybridized carbons (Fsp3) is 1.00. The molecule has 0 aromatic carbocycles. The first kappa shape index (κ1) is 14.1. The van der Waals surface area contributed by atoms with Gasteiger partial charge in [-0.15, -0.1) is 0 Å². The third-order valence-electron chi connectivity index (χ3n) is 4.78. The Morgan fingerprint density at radius 3 is 1.88 bits per heavy atom. The fourth-order valence-electron chi connectivity index (χ4n) is 3.59. The van der Waals surface area contributed by atoms with E-state index in [4.69, 9.17) is 0 Å². The van der Waals surface area contributed by atoms with Gasteiger partial charge in [0.15, 0.2) is 0 Å². The van der Waals surface area contributed by atoms with E-state index in [9.17, 15) is 0 Å². The fourth-order valence-corrected chi connectivity index (χ4v) is 3.59. The maximum absolute atomic E-state index is 2.50. The molecule has 0 nitrogen and oxygen atoms in total. The molecule has 1 aliphatic carbocycles. The summed E-state index contributed by atoms with van der Waals surface area (Å²) >= 11 is 0. The predicted octanol–water partition coefficient (Wildman–Crippen LogP) is 5.81. The second kappa shape index (κ2) is 8.14. The van der Waals surface area contributed by atoms with Crippen molar-refractivity contribution < 1.29 is 0 Å². The van der Waals surface area contributed by atoms with Crippen molar-refractivity contribution in [2.45, 2.75) is 85.0 Å². The lowest BCUT2D eigenvalue weighted by atomic mass is 9.79. The minimum atomic E-state index is 0.958. The van der Waals surface area contributed by atoms with E-state index in [-0.39, 0.29) is 0 Å². The van der Waals surface area contributed by atoms with E-state index < -0.39 is 0 Å². The van der Waals surface area contributed by atoms with Crippen LogP contribution in [0.25, 0.3) is 0 Å². The summed E-state index contributed by atoms with van der Waals surface area (Å²) in [5, 5.41) is 0. The summed E-state index contributed by atoms with van der Waals surface area (Å²) in [7, 11) is 0. The normalized spacial score (nSPS) is 21.8. The molecule has 1 atom stereocenters. The molecule has 0 aliphatic heterocycles. The third kappa shape index (κ3) is 4.89. The van der Waals surface area contributed by atoms with Gasteiger partial charge in [0.2, 0.25) is 0 Å². The molecule has 0 N–H and O–H groups in total. The lowest BCUT2D eigenvalue weighted by Crippen LogP contribution is -2.15. The van der Waals surface area contributed by atoms with E-state index in [1.165, 1.54) is 64.2 Å². The molecule has 1 fully saturated rings. The first-order valence-electron chi connectivity index (χ1n) is 7.77. The summed E-state index contributed by atoms with van der Waals surface area (Å²) < 4.78 is 0. The summed E-state index contributed by atoms with van der Waals surface area (Å²) in [6.07, 6.45) is 14.8. The SMILES string of the molecule is CCC(CC)C(C)CC1CCCCCCC1. The van der Waals surface area contributed by atoms with Crippen molar-refractivity contribution in [2.75, 3.05) is 0 Å². The van der Waals surface area contributed by atoms with Crippen LogP contribution in [-0.2, 0) is 0 Å². The highest BCUT2D eigenvalue weighted by Gasteiger charge is 2.19. The number of hydrogen-bond acceptors (Lipinski definition) is 0. The van der Waals surface area contributed by atoms with Gasteiger partial charge in [0, 0.05) is 0 Å². The molecule has 0 bridgehead atoms. The largest absolute Gasteiger partial charge is 0.0651 e. The Morgan fingerprint density at radius 2 is 1.38 bits per heavy atom. The Kier molecular flexibility index (Phi) is 7.16. The average Bonchev–Trinajstić information content (AvgIpc) is 2.23. The van der Waals surface area contributed by atoms with Crippen LogP contribution in [0.1, 0.15) is 85.0 Å². The van der Waals surface area contributed by atoms with Crippen LogP contribution in [0.5, 0.6) is 0 Å². The van der Waals surface area contributed by atoms with E-state index in [2.05, 4.69) is 20.8 Å². The molecule has 1 rings (SSSR count). The van der Waals surface area contributed by atoms with E-state index in [1.54, 1.807) is 0 Å². The quantitative estimate of drug-likeness (QED) is 0.553. The highest BCUT2D eigenvalue weighted by molar-refractivity contribution is 4.71. The van der Waals surface area contributed by atoms with Crippen molar-refractivity contribution in [1.29, 1.82) is 0 Å². The van der Waals surface area contributed by atoms with Crippen molar-refractivity contribution in [3.8, 4) is 0 Å². The van der Waals surface area contributed by atoms with Crippen molar-refractivity contribution in [1.82, 2.24) is 0 Å². The Hall–Kier alpha value is 0. The Labute approximate surface area is 103 Å². The standard InChI is InChI=1S/C16H32/c1-4-16(5-2)14(3)13-15-11-9-7-6-8-10-12-15/h14-16H,4-13H2,1-3H3. The van der Waals surface area contributed by atoms with Gasteiger partial charge in [0.05, 0.1) is 0 Å². The molecule has 0 amide bonds. The lowest BCUT2D eigenvalue weighted by Gasteiger charge is -2.27. The predicted molar refractivity (Wildman–Crippen MR) is 73.7 cm³/mol. The zero-order valence-corrected chi connectivity index (χ0v) is 11.8. The maximum Gasteiger partial charge on any atom is -0.0394 e. The zero-order valence-electron chi connectivity index (χ0n) is 11.8. The number of hydrogen-bond donors (Lipinski definition) is 0. The van der Waals surface area contributed by atoms with E-state index >= 15 is 0 Å². The van der Waals surface area contributed by atoms with Crippen LogP contribution in [0.15, 0.2) is 0 Å². The van der Waals surface area contributed by atoms with Gasteiger partial charge in [-0.25, -0.2) is 0 Å². The minimum Gasteiger partial charge on any atom is -0.0651 e. The van der Waals surface area contributed by atoms with Crippen molar-refractivity contribution in [2.24, 2.45) is 17.8 Å². The minimum absolute atomic E-state index is 0.958. The molecular formula is C16H32. The Bertz CT molecular complexity index is 149. The van der Waals surface area contributed by atoms with Gasteiger partial charge in [-0.2, -0.15) is 0 Å². The van der Waals surface area contributed by atoms with Crippen LogP contribution in [-0.4, -0.2) is 0 Å². The molecule has 0 saturated heterocycles. The molecule has 0 heteroatoms. The lowest BCUT2D eigenvalue weighted by molar-refractivity contribution is 0.244. The molecule has 1 unspecified atom stereocenters. The molecule has 16 heavy (non-hydrogen) atoms. The van der Waals surface area contributed by atoms with Crippen LogP contribution in [0.2, 0.25) is 0 Å². The summed E-state index contributed by atoms with van der Waals surface area (Å²) in [6.45, 7) is 7.22. The molecule has 96 valence electrons. The molecule has 1 aliphatic rings. The highest BCUT2D eigenvalue weighted by Crippen LogP contribution is 2.32. The van der Waals surface area contributed by atoms with Crippen LogP contribution >= 0.6 is 0 Å². The van der Waals surface area contributed by atoms with Crippen LogP contribution < -0.4 is 0 Å². The zero-order chi connectivity index (χ0) is 11.8. The maximum atomic E-state index is 2.50. The van der Waals surface area contributed by atoms with Crippen molar-refractivity contribution in [3.63, 3.8) is 0 Å². The second-order valence-electron chi connectivity index (χ2n) is 6.00. The van der Waals surface area contributed by atoms with E-state index in [0.717, 1.165) is 17.8 Å². The molecule has 0 spiro atoms. The van der Waals surface area contributed by atoms with Gasteiger partial charge in [-0.1, -0.05) is 78.6 Å². The first-order valence-corrected chi connectivity index (χ1v) is 7.77. The van der Waals surface area contributed by atoms with Crippen molar-refractivity contribution >= 4 is 0 Å². The summed E-state index contributed by atoms with van der Waals surface area (Å²) in [6, 6.07) is 0. The Balaban J connectivity index is 2.32. The van der Waals surface area contributed by atoms with E-state index in [1.807, 2.05) is 0 Å².